The van der Waals surface area contributed by atoms with Crippen LogP contribution < -0.4 is 16.0 Å². The van der Waals surface area contributed by atoms with E-state index in [4.69, 9.17) is 14.2 Å². The number of aromatic nitrogens is 4. The van der Waals surface area contributed by atoms with Crippen molar-refractivity contribution in [2.75, 3.05) is 11.9 Å². The summed E-state index contributed by atoms with van der Waals surface area (Å²) < 4.78 is 18.7. The van der Waals surface area contributed by atoms with E-state index < -0.39 is 36.4 Å². The van der Waals surface area contributed by atoms with Gasteiger partial charge in [-0.3, -0.25) is 9.59 Å². The highest BCUT2D eigenvalue weighted by molar-refractivity contribution is 5.85. The Morgan fingerprint density at radius 1 is 0.950 bits per heavy atom. The van der Waals surface area contributed by atoms with E-state index in [1.54, 1.807) is 6.33 Å². The number of hydrogen-bond donors (Lipinski definition) is 4. The fourth-order valence-electron chi connectivity index (χ4n) is 5.41. The van der Waals surface area contributed by atoms with E-state index in [-0.39, 0.29) is 18.4 Å². The van der Waals surface area contributed by atoms with Gasteiger partial charge in [-0.25, -0.2) is 15.0 Å². The number of ether oxygens (including phenoxy) is 3. The van der Waals surface area contributed by atoms with Gasteiger partial charge in [0.2, 0.25) is 11.8 Å². The molecule has 2 aliphatic rings. The maximum atomic E-state index is 12.8. The van der Waals surface area contributed by atoms with Crippen molar-refractivity contribution in [3.8, 4) is 0 Å². The molecule has 222 valence electrons. The van der Waals surface area contributed by atoms with Gasteiger partial charge in [-0.1, -0.05) is 58.3 Å². The Hall–Kier alpha value is -2.83. The number of rotatable bonds is 15. The van der Waals surface area contributed by atoms with Crippen molar-refractivity contribution in [1.29, 1.82) is 0 Å². The van der Waals surface area contributed by atoms with Crippen LogP contribution >= 0.6 is 0 Å². The molecule has 2 saturated heterocycles. The van der Waals surface area contributed by atoms with Gasteiger partial charge in [-0.2, -0.15) is 0 Å². The molecule has 2 aromatic heterocycles. The largest absolute Gasteiger partial charge is 0.350 e. The Morgan fingerprint density at radius 3 is 2.40 bits per heavy atom. The number of carbonyl (C=O) groups excluding carboxylic acids is 2. The van der Waals surface area contributed by atoms with E-state index in [0.717, 1.165) is 19.3 Å². The smallest absolute Gasteiger partial charge is 0.239 e. The second-order valence-electron chi connectivity index (χ2n) is 11.2. The van der Waals surface area contributed by atoms with Gasteiger partial charge in [0, 0.05) is 6.42 Å². The minimum Gasteiger partial charge on any atom is -0.350 e. The predicted octanol–water partition coefficient (Wildman–Crippen LogP) is 3.55. The van der Waals surface area contributed by atoms with E-state index in [1.165, 1.54) is 44.9 Å². The van der Waals surface area contributed by atoms with E-state index in [2.05, 4.69) is 42.8 Å². The standard InChI is InChI=1S/C28H45N7O5/c1-5-6-7-8-9-10-11-12-13-14-19(36)29-15-20(37)34-21-18(2)38-27(24-23(21)39-28(3,4)40-24)35-26-22-25(31-16-30-22)32-17-33-26/h16-18,21,23-24,27H,5-15H2,1-4H3,(H,29,36)(H,34,37)(H2,30,31,32,33,35)/t18-,21-,23+,24+,27-/m1/s1. The summed E-state index contributed by atoms with van der Waals surface area (Å²) in [5.74, 6) is -0.743. The highest BCUT2D eigenvalue weighted by atomic mass is 16.8. The number of hydrogen-bond acceptors (Lipinski definition) is 9. The number of carbonyl (C=O) groups is 2. The number of amides is 2. The SMILES string of the molecule is CCCCCCCCCCCC(=O)NCC(=O)N[C@H]1[C@@H]2OC(C)(C)O[C@@H]2[C@H](Nc2ncnc3nc[nH]c23)O[C@@H]1C. The van der Waals surface area contributed by atoms with Gasteiger partial charge in [0.15, 0.2) is 23.5 Å². The lowest BCUT2D eigenvalue weighted by atomic mass is 9.96. The molecule has 12 heteroatoms. The molecule has 0 saturated carbocycles. The lowest BCUT2D eigenvalue weighted by Crippen LogP contribution is -2.63. The molecular formula is C28H45N7O5. The molecule has 5 atom stereocenters. The molecule has 0 aromatic carbocycles. The number of anilines is 1. The van der Waals surface area contributed by atoms with Crippen LogP contribution in [0.3, 0.4) is 0 Å². The number of unbranched alkanes of at least 4 members (excludes halogenated alkanes) is 8. The van der Waals surface area contributed by atoms with Gasteiger partial charge in [0.25, 0.3) is 0 Å². The first-order chi connectivity index (χ1) is 19.3. The summed E-state index contributed by atoms with van der Waals surface area (Å²) in [4.78, 5) is 40.8. The Morgan fingerprint density at radius 2 is 1.65 bits per heavy atom. The Labute approximate surface area is 236 Å². The van der Waals surface area contributed by atoms with Crippen molar-refractivity contribution in [2.24, 2.45) is 0 Å². The molecule has 0 bridgehead atoms. The maximum Gasteiger partial charge on any atom is 0.239 e. The summed E-state index contributed by atoms with van der Waals surface area (Å²) in [6.07, 6.45) is 12.2. The quantitative estimate of drug-likeness (QED) is 0.240. The van der Waals surface area contributed by atoms with Crippen molar-refractivity contribution in [2.45, 2.75) is 128 Å². The van der Waals surface area contributed by atoms with Crippen molar-refractivity contribution < 1.29 is 23.8 Å². The van der Waals surface area contributed by atoms with Crippen molar-refractivity contribution in [3.63, 3.8) is 0 Å². The van der Waals surface area contributed by atoms with Crippen LogP contribution in [0.5, 0.6) is 0 Å². The van der Waals surface area contributed by atoms with Crippen LogP contribution in [-0.2, 0) is 23.8 Å². The molecule has 0 spiro atoms. The minimum absolute atomic E-state index is 0.0957. The summed E-state index contributed by atoms with van der Waals surface area (Å²) in [5, 5.41) is 9.03. The van der Waals surface area contributed by atoms with Crippen LogP contribution in [0.25, 0.3) is 11.2 Å². The summed E-state index contributed by atoms with van der Waals surface area (Å²) >= 11 is 0. The first-order valence-electron chi connectivity index (χ1n) is 14.7. The molecule has 2 aromatic rings. The first kappa shape index (κ1) is 30.1. The lowest BCUT2D eigenvalue weighted by Gasteiger charge is -2.41. The minimum atomic E-state index is -0.871. The number of nitrogens with one attached hydrogen (secondary N) is 4. The zero-order valence-corrected chi connectivity index (χ0v) is 24.2. The van der Waals surface area contributed by atoms with Gasteiger partial charge < -0.3 is 35.1 Å². The maximum absolute atomic E-state index is 12.8. The molecule has 12 nitrogen and oxygen atoms in total. The second-order valence-corrected chi connectivity index (χ2v) is 11.2. The van der Waals surface area contributed by atoms with E-state index in [1.807, 2.05) is 20.8 Å². The van der Waals surface area contributed by atoms with Crippen LogP contribution in [0.1, 0.15) is 91.9 Å². The third-order valence-corrected chi connectivity index (χ3v) is 7.47. The number of nitrogens with zero attached hydrogens (tertiary/aromatic N) is 3. The van der Waals surface area contributed by atoms with Gasteiger partial charge in [0.05, 0.1) is 25.0 Å². The molecule has 2 fully saturated rings. The summed E-state index contributed by atoms with van der Waals surface area (Å²) in [6.45, 7) is 7.66. The van der Waals surface area contributed by atoms with E-state index in [0.29, 0.717) is 23.4 Å². The van der Waals surface area contributed by atoms with Crippen LogP contribution in [0, 0.1) is 0 Å². The number of imidazole rings is 1. The topological polar surface area (TPSA) is 152 Å². The second kappa shape index (κ2) is 14.2. The Kier molecular flexibility index (Phi) is 10.7. The molecule has 4 N–H and O–H groups in total. The molecule has 0 aliphatic carbocycles. The van der Waals surface area contributed by atoms with Crippen LogP contribution in [-0.4, -0.2) is 74.7 Å². The van der Waals surface area contributed by atoms with Crippen LogP contribution in [0.15, 0.2) is 12.7 Å². The molecule has 4 heterocycles. The van der Waals surface area contributed by atoms with Gasteiger partial charge in [-0.05, 0) is 27.2 Å². The molecule has 0 radical (unpaired) electrons. The zero-order chi connectivity index (χ0) is 28.5. The first-order valence-corrected chi connectivity index (χ1v) is 14.7. The normalized spacial score (nSPS) is 25.4. The Balaban J connectivity index is 1.23. The molecule has 2 amide bonds. The van der Waals surface area contributed by atoms with Crippen LogP contribution in [0.2, 0.25) is 0 Å². The fraction of sp³-hybridized carbons (Fsp3) is 0.750. The van der Waals surface area contributed by atoms with Crippen molar-refractivity contribution in [1.82, 2.24) is 30.6 Å². The zero-order valence-electron chi connectivity index (χ0n) is 24.2. The fourth-order valence-corrected chi connectivity index (χ4v) is 5.41. The van der Waals surface area contributed by atoms with Gasteiger partial charge in [0.1, 0.15) is 24.1 Å². The molecule has 4 rings (SSSR count). The highest BCUT2D eigenvalue weighted by Gasteiger charge is 2.54. The molecular weight excluding hydrogens is 514 g/mol. The number of aromatic amines is 1. The lowest BCUT2D eigenvalue weighted by molar-refractivity contribution is -0.153. The summed E-state index contributed by atoms with van der Waals surface area (Å²) in [7, 11) is 0. The van der Waals surface area contributed by atoms with Crippen molar-refractivity contribution >= 4 is 28.8 Å². The van der Waals surface area contributed by atoms with E-state index >= 15 is 0 Å². The molecule has 0 unspecified atom stereocenters. The van der Waals surface area contributed by atoms with Gasteiger partial charge >= 0.3 is 0 Å². The molecule has 2 aliphatic heterocycles. The van der Waals surface area contributed by atoms with Crippen LogP contribution in [0.4, 0.5) is 5.82 Å². The van der Waals surface area contributed by atoms with Crippen molar-refractivity contribution in [3.05, 3.63) is 12.7 Å². The monoisotopic (exact) mass is 559 g/mol. The van der Waals surface area contributed by atoms with Gasteiger partial charge in [-0.15, -0.1) is 0 Å². The predicted molar refractivity (Wildman–Crippen MR) is 150 cm³/mol. The molecule has 40 heavy (non-hydrogen) atoms. The number of fused-ring (bicyclic) bond motifs is 2. The Bertz CT molecular complexity index is 1110. The average molecular weight is 560 g/mol. The summed E-state index contributed by atoms with van der Waals surface area (Å²) in [5.41, 5.74) is 1.19. The summed E-state index contributed by atoms with van der Waals surface area (Å²) in [6, 6.07) is -0.468. The van der Waals surface area contributed by atoms with E-state index in [9.17, 15) is 9.59 Å². The average Bonchev–Trinajstić information content (AvgIpc) is 3.53. The third-order valence-electron chi connectivity index (χ3n) is 7.47. The highest BCUT2D eigenvalue weighted by Crippen LogP contribution is 2.38. The number of H-pyrrole nitrogens is 1. The third kappa shape index (κ3) is 8.11.